The minimum absolute atomic E-state index is 0.205. The Hall–Kier alpha value is -2.06. The van der Waals surface area contributed by atoms with Crippen LogP contribution in [0.2, 0.25) is 0 Å². The quantitative estimate of drug-likeness (QED) is 0.835. The average molecular weight is 361 g/mol. The highest BCUT2D eigenvalue weighted by Crippen LogP contribution is 2.26. The summed E-state index contributed by atoms with van der Waals surface area (Å²) >= 11 is 0. The Balaban J connectivity index is 2.13. The van der Waals surface area contributed by atoms with Gasteiger partial charge in [0, 0.05) is 52.3 Å². The first kappa shape index (κ1) is 17.8. The second kappa shape index (κ2) is 7.05. The first-order valence-corrected chi connectivity index (χ1v) is 10.5. The zero-order chi connectivity index (χ0) is 18.0. The monoisotopic (exact) mass is 361 g/mol. The third kappa shape index (κ3) is 4.52. The van der Waals surface area contributed by atoms with Crippen LogP contribution in [0.1, 0.15) is 12.6 Å². The number of rotatable bonds is 3. The SMILES string of the molecule is Cc1cc(-c2nc(N=S(C)(C)=O)cc(N3CCOCC3C)n2)ccn1. The molecule has 2 aromatic heterocycles. The van der Waals surface area contributed by atoms with Crippen LogP contribution in [0, 0.1) is 6.92 Å². The maximum atomic E-state index is 12.1. The number of ether oxygens (including phenoxy) is 1. The van der Waals surface area contributed by atoms with E-state index in [1.165, 1.54) is 0 Å². The van der Waals surface area contributed by atoms with Crippen molar-refractivity contribution < 1.29 is 8.95 Å². The lowest BCUT2D eigenvalue weighted by atomic mass is 10.2. The summed E-state index contributed by atoms with van der Waals surface area (Å²) in [7, 11) is -2.32. The predicted octanol–water partition coefficient (Wildman–Crippen LogP) is 2.43. The van der Waals surface area contributed by atoms with E-state index in [2.05, 4.69) is 26.2 Å². The summed E-state index contributed by atoms with van der Waals surface area (Å²) in [5.74, 6) is 1.77. The van der Waals surface area contributed by atoms with E-state index >= 15 is 0 Å². The minimum Gasteiger partial charge on any atom is -0.377 e. The molecule has 0 aromatic carbocycles. The topological polar surface area (TPSA) is 80.6 Å². The van der Waals surface area contributed by atoms with Gasteiger partial charge in [0.05, 0.1) is 19.3 Å². The Morgan fingerprint density at radius 2 is 2.12 bits per heavy atom. The molecule has 0 N–H and O–H groups in total. The van der Waals surface area contributed by atoms with Crippen molar-refractivity contribution in [3.63, 3.8) is 0 Å². The van der Waals surface area contributed by atoms with Gasteiger partial charge in [0.15, 0.2) is 11.6 Å². The molecule has 1 saturated heterocycles. The molecule has 0 bridgehead atoms. The number of anilines is 1. The van der Waals surface area contributed by atoms with E-state index in [-0.39, 0.29) is 6.04 Å². The molecule has 8 heteroatoms. The van der Waals surface area contributed by atoms with Crippen molar-refractivity contribution in [2.24, 2.45) is 4.36 Å². The van der Waals surface area contributed by atoms with Crippen LogP contribution < -0.4 is 4.90 Å². The fourth-order valence-corrected chi connectivity index (χ4v) is 3.27. The molecule has 7 nitrogen and oxygen atoms in total. The number of pyridine rings is 1. The van der Waals surface area contributed by atoms with Crippen LogP contribution in [0.5, 0.6) is 0 Å². The molecule has 2 aromatic rings. The summed E-state index contributed by atoms with van der Waals surface area (Å²) in [6.45, 7) is 6.08. The van der Waals surface area contributed by atoms with Gasteiger partial charge in [-0.2, -0.15) is 4.36 Å². The van der Waals surface area contributed by atoms with E-state index in [1.807, 2.05) is 19.1 Å². The van der Waals surface area contributed by atoms with E-state index < -0.39 is 9.73 Å². The lowest BCUT2D eigenvalue weighted by Gasteiger charge is -2.34. The molecular formula is C17H23N5O2S. The summed E-state index contributed by atoms with van der Waals surface area (Å²) in [5.41, 5.74) is 1.75. The van der Waals surface area contributed by atoms with Gasteiger partial charge in [-0.1, -0.05) is 0 Å². The molecule has 0 amide bonds. The molecule has 25 heavy (non-hydrogen) atoms. The molecule has 3 rings (SSSR count). The first-order valence-electron chi connectivity index (χ1n) is 8.15. The van der Waals surface area contributed by atoms with Crippen molar-refractivity contribution in [1.29, 1.82) is 0 Å². The molecule has 0 spiro atoms. The number of aryl methyl sites for hydroxylation is 1. The number of hydrogen-bond donors (Lipinski definition) is 0. The van der Waals surface area contributed by atoms with Crippen molar-refractivity contribution in [3.8, 4) is 11.4 Å². The van der Waals surface area contributed by atoms with E-state index in [1.54, 1.807) is 24.8 Å². The van der Waals surface area contributed by atoms with Crippen LogP contribution in [0.3, 0.4) is 0 Å². The summed E-state index contributed by atoms with van der Waals surface area (Å²) in [5, 5.41) is 0. The van der Waals surface area contributed by atoms with E-state index in [9.17, 15) is 4.21 Å². The Morgan fingerprint density at radius 1 is 1.32 bits per heavy atom. The molecule has 1 aliphatic rings. The second-order valence-electron chi connectivity index (χ2n) is 6.48. The average Bonchev–Trinajstić information content (AvgIpc) is 2.53. The predicted molar refractivity (Wildman–Crippen MR) is 99.7 cm³/mol. The van der Waals surface area contributed by atoms with Crippen LogP contribution in [0.25, 0.3) is 11.4 Å². The van der Waals surface area contributed by atoms with Gasteiger partial charge in [0.2, 0.25) is 0 Å². The molecule has 0 saturated carbocycles. The second-order valence-corrected chi connectivity index (χ2v) is 9.03. The summed E-state index contributed by atoms with van der Waals surface area (Å²) in [6, 6.07) is 5.80. The number of morpholine rings is 1. The van der Waals surface area contributed by atoms with Crippen LogP contribution in [0.4, 0.5) is 11.6 Å². The maximum Gasteiger partial charge on any atom is 0.167 e. The van der Waals surface area contributed by atoms with Gasteiger partial charge < -0.3 is 9.64 Å². The molecule has 1 unspecified atom stereocenters. The highest BCUT2D eigenvalue weighted by Gasteiger charge is 2.22. The summed E-state index contributed by atoms with van der Waals surface area (Å²) < 4.78 is 21.9. The molecule has 134 valence electrons. The van der Waals surface area contributed by atoms with E-state index in [4.69, 9.17) is 9.72 Å². The highest BCUT2D eigenvalue weighted by atomic mass is 32.2. The molecular weight excluding hydrogens is 338 g/mol. The van der Waals surface area contributed by atoms with Gasteiger partial charge in [0.25, 0.3) is 0 Å². The fourth-order valence-electron chi connectivity index (χ4n) is 2.72. The van der Waals surface area contributed by atoms with Crippen molar-refractivity contribution in [3.05, 3.63) is 30.1 Å². The molecule has 1 atom stereocenters. The van der Waals surface area contributed by atoms with Gasteiger partial charge >= 0.3 is 0 Å². The zero-order valence-electron chi connectivity index (χ0n) is 15.0. The summed E-state index contributed by atoms with van der Waals surface area (Å²) in [4.78, 5) is 15.6. The largest absolute Gasteiger partial charge is 0.377 e. The molecule has 3 heterocycles. The Morgan fingerprint density at radius 3 is 2.80 bits per heavy atom. The van der Waals surface area contributed by atoms with Crippen molar-refractivity contribution in [2.45, 2.75) is 19.9 Å². The van der Waals surface area contributed by atoms with Crippen molar-refractivity contribution in [1.82, 2.24) is 15.0 Å². The standard InChI is InChI=1S/C17H23N5O2S/c1-12-9-14(5-6-18-12)17-19-15(21-25(3,4)23)10-16(20-17)22-7-8-24-11-13(22)2/h5-6,9-10,13H,7-8,11H2,1-4H3. The van der Waals surface area contributed by atoms with Crippen molar-refractivity contribution in [2.75, 3.05) is 37.2 Å². The maximum absolute atomic E-state index is 12.1. The van der Waals surface area contributed by atoms with Crippen LogP contribution in [-0.2, 0) is 14.5 Å². The van der Waals surface area contributed by atoms with Gasteiger partial charge in [-0.25, -0.2) is 14.2 Å². The number of aromatic nitrogens is 3. The summed E-state index contributed by atoms with van der Waals surface area (Å²) in [6.07, 6.45) is 4.93. The van der Waals surface area contributed by atoms with Gasteiger partial charge in [-0.3, -0.25) is 4.98 Å². The number of hydrogen-bond acceptors (Lipinski definition) is 7. The fraction of sp³-hybridized carbons (Fsp3) is 0.471. The Kier molecular flexibility index (Phi) is 5.01. The Labute approximate surface area is 148 Å². The molecule has 0 aliphatic carbocycles. The first-order chi connectivity index (χ1) is 11.8. The lowest BCUT2D eigenvalue weighted by molar-refractivity contribution is 0.0985. The van der Waals surface area contributed by atoms with Crippen LogP contribution in [0.15, 0.2) is 28.8 Å². The highest BCUT2D eigenvalue weighted by molar-refractivity contribution is 7.92. The molecule has 1 aliphatic heterocycles. The third-order valence-electron chi connectivity index (χ3n) is 3.83. The van der Waals surface area contributed by atoms with Gasteiger partial charge in [-0.05, 0) is 26.0 Å². The van der Waals surface area contributed by atoms with Crippen LogP contribution in [-0.4, -0.2) is 57.5 Å². The number of nitrogens with zero attached hydrogens (tertiary/aromatic N) is 5. The normalized spacial score (nSPS) is 18.2. The lowest BCUT2D eigenvalue weighted by Crippen LogP contribution is -2.44. The molecule has 0 radical (unpaired) electrons. The van der Waals surface area contributed by atoms with Gasteiger partial charge in [0.1, 0.15) is 5.82 Å². The van der Waals surface area contributed by atoms with E-state index in [0.717, 1.165) is 23.6 Å². The van der Waals surface area contributed by atoms with Crippen molar-refractivity contribution >= 4 is 21.4 Å². The minimum atomic E-state index is -2.32. The Bertz CT molecular complexity index is 884. The molecule has 1 fully saturated rings. The van der Waals surface area contributed by atoms with E-state index in [0.29, 0.717) is 24.9 Å². The van der Waals surface area contributed by atoms with Gasteiger partial charge in [-0.15, -0.1) is 0 Å². The third-order valence-corrected chi connectivity index (χ3v) is 4.46. The zero-order valence-corrected chi connectivity index (χ0v) is 15.8. The van der Waals surface area contributed by atoms with Crippen LogP contribution >= 0.6 is 0 Å². The smallest absolute Gasteiger partial charge is 0.167 e.